The first kappa shape index (κ1) is 15.9. The molecule has 1 unspecified atom stereocenters. The first-order valence-corrected chi connectivity index (χ1v) is 7.69. The van der Waals surface area contributed by atoms with Crippen LogP contribution in [0.25, 0.3) is 0 Å². The fourth-order valence-electron chi connectivity index (χ4n) is 2.43. The molecule has 116 valence electrons. The summed E-state index contributed by atoms with van der Waals surface area (Å²) < 4.78 is 0. The van der Waals surface area contributed by atoms with Gasteiger partial charge in [-0.2, -0.15) is 0 Å². The second-order valence-electron chi connectivity index (χ2n) is 5.20. The van der Waals surface area contributed by atoms with Gasteiger partial charge in [-0.3, -0.25) is 14.5 Å². The Hall–Kier alpha value is -1.48. The maximum Gasteiger partial charge on any atom is 0.251 e. The van der Waals surface area contributed by atoms with E-state index in [4.69, 9.17) is 11.5 Å². The van der Waals surface area contributed by atoms with Crippen molar-refractivity contribution in [3.05, 3.63) is 17.0 Å². The fourth-order valence-corrected chi connectivity index (χ4v) is 3.24. The van der Waals surface area contributed by atoms with Gasteiger partial charge in [0, 0.05) is 32.2 Å². The number of nitrogens with two attached hydrogens (primary N) is 2. The molecule has 8 heteroatoms. The van der Waals surface area contributed by atoms with Crippen LogP contribution in [0, 0.1) is 0 Å². The van der Waals surface area contributed by atoms with Crippen molar-refractivity contribution in [1.82, 2.24) is 9.80 Å². The number of rotatable bonds is 5. The number of carbonyl (C=O) groups excluding carboxylic acids is 2. The number of thiophene rings is 1. The molecule has 1 aliphatic heterocycles. The van der Waals surface area contributed by atoms with E-state index in [1.54, 1.807) is 11.4 Å². The van der Waals surface area contributed by atoms with Crippen molar-refractivity contribution in [2.75, 3.05) is 45.1 Å². The van der Waals surface area contributed by atoms with Crippen molar-refractivity contribution in [2.24, 2.45) is 11.5 Å². The van der Waals surface area contributed by atoms with E-state index in [1.807, 2.05) is 7.05 Å². The molecule has 0 saturated carbocycles. The third kappa shape index (κ3) is 4.01. The maximum absolute atomic E-state index is 12.1. The van der Waals surface area contributed by atoms with Gasteiger partial charge in [0.25, 0.3) is 5.91 Å². The summed E-state index contributed by atoms with van der Waals surface area (Å²) in [4.78, 5) is 27.7. The number of amides is 2. The molecule has 1 aromatic rings. The molecule has 1 atom stereocenters. The zero-order valence-corrected chi connectivity index (χ0v) is 12.9. The zero-order chi connectivity index (χ0) is 15.4. The van der Waals surface area contributed by atoms with Crippen LogP contribution in [0.1, 0.15) is 10.4 Å². The third-order valence-electron chi connectivity index (χ3n) is 3.61. The summed E-state index contributed by atoms with van der Waals surface area (Å²) in [5.41, 5.74) is 11.4. The van der Waals surface area contributed by atoms with Crippen molar-refractivity contribution in [2.45, 2.75) is 6.04 Å². The number of carbonyl (C=O) groups is 2. The Labute approximate surface area is 127 Å². The Morgan fingerprint density at radius 1 is 1.48 bits per heavy atom. The largest absolute Gasteiger partial charge is 0.366 e. The highest BCUT2D eigenvalue weighted by Gasteiger charge is 2.26. The number of nitrogens with zero attached hydrogens (tertiary/aromatic N) is 2. The van der Waals surface area contributed by atoms with E-state index < -0.39 is 5.91 Å². The second-order valence-corrected chi connectivity index (χ2v) is 6.11. The molecule has 1 fully saturated rings. The quantitative estimate of drug-likeness (QED) is 0.671. The van der Waals surface area contributed by atoms with Crippen LogP contribution in [0.2, 0.25) is 0 Å². The Morgan fingerprint density at radius 3 is 2.90 bits per heavy atom. The molecule has 1 saturated heterocycles. The van der Waals surface area contributed by atoms with Gasteiger partial charge in [0.1, 0.15) is 5.00 Å². The molecule has 0 spiro atoms. The topological polar surface area (TPSA) is 105 Å². The van der Waals surface area contributed by atoms with E-state index >= 15 is 0 Å². The minimum Gasteiger partial charge on any atom is -0.366 e. The van der Waals surface area contributed by atoms with Crippen LogP contribution < -0.4 is 16.8 Å². The van der Waals surface area contributed by atoms with Gasteiger partial charge < -0.3 is 21.7 Å². The number of hydrogen-bond acceptors (Lipinski definition) is 6. The van der Waals surface area contributed by atoms with E-state index in [0.717, 1.165) is 19.6 Å². The van der Waals surface area contributed by atoms with Gasteiger partial charge in [0.2, 0.25) is 5.91 Å². The lowest BCUT2D eigenvalue weighted by atomic mass is 10.1. The standard InChI is InChI=1S/C13H21N5O2S/c1-17-3-4-18(9(6-14)7-17)8-11(19)16-13-10(12(15)20)2-5-21-13/h2,5,9H,3-4,6-8,14H2,1H3,(H2,15,20)(H,16,19). The first-order valence-electron chi connectivity index (χ1n) is 6.81. The predicted molar refractivity (Wildman–Crippen MR) is 83.4 cm³/mol. The summed E-state index contributed by atoms with van der Waals surface area (Å²) in [6, 6.07) is 1.79. The molecule has 0 bridgehead atoms. The summed E-state index contributed by atoms with van der Waals surface area (Å²) in [6.07, 6.45) is 0. The summed E-state index contributed by atoms with van der Waals surface area (Å²) in [7, 11) is 2.05. The highest BCUT2D eigenvalue weighted by atomic mass is 32.1. The lowest BCUT2D eigenvalue weighted by molar-refractivity contribution is -0.118. The average Bonchev–Trinajstić information content (AvgIpc) is 2.89. The van der Waals surface area contributed by atoms with Crippen LogP contribution in [0.15, 0.2) is 11.4 Å². The molecule has 7 nitrogen and oxygen atoms in total. The molecular weight excluding hydrogens is 290 g/mol. The predicted octanol–water partition coefficient (Wildman–Crippen LogP) is -0.640. The number of hydrogen-bond donors (Lipinski definition) is 3. The Bertz CT molecular complexity index is 518. The lowest BCUT2D eigenvalue weighted by Gasteiger charge is -2.38. The maximum atomic E-state index is 12.1. The summed E-state index contributed by atoms with van der Waals surface area (Å²) in [5.74, 6) is -0.686. The Kier molecular flexibility index (Phi) is 5.29. The van der Waals surface area contributed by atoms with Crippen molar-refractivity contribution in [3.8, 4) is 0 Å². The van der Waals surface area contributed by atoms with Crippen LogP contribution in [0.4, 0.5) is 5.00 Å². The normalized spacial score (nSPS) is 20.4. The number of piperazine rings is 1. The average molecular weight is 311 g/mol. The van der Waals surface area contributed by atoms with Gasteiger partial charge in [-0.05, 0) is 18.5 Å². The van der Waals surface area contributed by atoms with Crippen LogP contribution in [0.5, 0.6) is 0 Å². The molecule has 0 radical (unpaired) electrons. The third-order valence-corrected chi connectivity index (χ3v) is 4.44. The van der Waals surface area contributed by atoms with E-state index in [-0.39, 0.29) is 18.5 Å². The molecule has 5 N–H and O–H groups in total. The monoisotopic (exact) mass is 311 g/mol. The number of nitrogens with one attached hydrogen (secondary N) is 1. The van der Waals surface area contributed by atoms with E-state index in [2.05, 4.69) is 15.1 Å². The van der Waals surface area contributed by atoms with E-state index in [9.17, 15) is 9.59 Å². The molecule has 1 aromatic heterocycles. The van der Waals surface area contributed by atoms with Gasteiger partial charge in [-0.15, -0.1) is 11.3 Å². The van der Waals surface area contributed by atoms with Gasteiger partial charge in [-0.25, -0.2) is 0 Å². The van der Waals surface area contributed by atoms with Crippen molar-refractivity contribution in [3.63, 3.8) is 0 Å². The van der Waals surface area contributed by atoms with Gasteiger partial charge in [0.05, 0.1) is 12.1 Å². The summed E-state index contributed by atoms with van der Waals surface area (Å²) >= 11 is 1.29. The zero-order valence-electron chi connectivity index (χ0n) is 12.0. The van der Waals surface area contributed by atoms with Gasteiger partial charge in [0.15, 0.2) is 0 Å². The van der Waals surface area contributed by atoms with E-state index in [1.165, 1.54) is 11.3 Å². The molecule has 0 aliphatic carbocycles. The SMILES string of the molecule is CN1CCN(CC(=O)Nc2sccc2C(N)=O)C(CN)C1. The molecule has 21 heavy (non-hydrogen) atoms. The summed E-state index contributed by atoms with van der Waals surface area (Å²) in [6.45, 7) is 3.36. The minimum absolute atomic E-state index is 0.150. The summed E-state index contributed by atoms with van der Waals surface area (Å²) in [5, 5.41) is 4.99. The Balaban J connectivity index is 1.95. The molecule has 2 amide bonds. The Morgan fingerprint density at radius 2 is 2.24 bits per heavy atom. The number of anilines is 1. The lowest BCUT2D eigenvalue weighted by Crippen LogP contribution is -2.56. The highest BCUT2D eigenvalue weighted by Crippen LogP contribution is 2.22. The fraction of sp³-hybridized carbons (Fsp3) is 0.538. The van der Waals surface area contributed by atoms with Crippen LogP contribution >= 0.6 is 11.3 Å². The molecular formula is C13H21N5O2S. The van der Waals surface area contributed by atoms with Crippen molar-refractivity contribution >= 4 is 28.2 Å². The van der Waals surface area contributed by atoms with Gasteiger partial charge >= 0.3 is 0 Å². The molecule has 2 heterocycles. The number of primary amides is 1. The highest BCUT2D eigenvalue weighted by molar-refractivity contribution is 7.14. The second kappa shape index (κ2) is 6.99. The molecule has 2 rings (SSSR count). The van der Waals surface area contributed by atoms with E-state index in [0.29, 0.717) is 17.1 Å². The molecule has 0 aromatic carbocycles. The van der Waals surface area contributed by atoms with Crippen LogP contribution in [0.3, 0.4) is 0 Å². The first-order chi connectivity index (χ1) is 10.0. The smallest absolute Gasteiger partial charge is 0.251 e. The van der Waals surface area contributed by atoms with Gasteiger partial charge in [-0.1, -0.05) is 0 Å². The van der Waals surface area contributed by atoms with Crippen molar-refractivity contribution in [1.29, 1.82) is 0 Å². The minimum atomic E-state index is -0.536. The van der Waals surface area contributed by atoms with Crippen molar-refractivity contribution < 1.29 is 9.59 Å². The van der Waals surface area contributed by atoms with Crippen LogP contribution in [-0.4, -0.2) is 67.4 Å². The molecule has 1 aliphatic rings. The number of likely N-dealkylation sites (N-methyl/N-ethyl adjacent to an activating group) is 1. The van der Waals surface area contributed by atoms with Crippen LogP contribution in [-0.2, 0) is 4.79 Å².